The fourth-order valence-corrected chi connectivity index (χ4v) is 8.23. The van der Waals surface area contributed by atoms with E-state index in [4.69, 9.17) is 0 Å². The van der Waals surface area contributed by atoms with E-state index in [9.17, 15) is 55.4 Å². The topological polar surface area (TPSA) is 134 Å². The van der Waals surface area contributed by atoms with Gasteiger partial charge in [0.2, 0.25) is 5.88 Å². The van der Waals surface area contributed by atoms with Gasteiger partial charge in [-0.3, -0.25) is 33.3 Å². The maximum Gasteiger partial charge on any atom is 0.416 e. The molecule has 0 saturated carbocycles. The third-order valence-electron chi connectivity index (χ3n) is 12.0. The third kappa shape index (κ3) is 11.4. The Hall–Kier alpha value is -8.34. The lowest BCUT2D eigenvalue weighted by molar-refractivity contribution is -0.143. The molecule has 5 aromatic carbocycles. The van der Waals surface area contributed by atoms with Crippen molar-refractivity contribution in [3.8, 4) is 5.88 Å². The number of halogens is 6. The van der Waals surface area contributed by atoms with Gasteiger partial charge in [0.1, 0.15) is 11.1 Å². The summed E-state index contributed by atoms with van der Waals surface area (Å²) in [5, 5.41) is 11.5. The van der Waals surface area contributed by atoms with Crippen LogP contribution in [-0.2, 0) is 60.7 Å². The lowest BCUT2D eigenvalue weighted by Gasteiger charge is -2.34. The first-order valence-corrected chi connectivity index (χ1v) is 22.4. The highest BCUT2D eigenvalue weighted by Crippen LogP contribution is 2.37. The number of carbonyl (C=O) groups excluding carboxylic acids is 3. The van der Waals surface area contributed by atoms with Crippen LogP contribution in [0.5, 0.6) is 5.88 Å². The van der Waals surface area contributed by atoms with E-state index in [-0.39, 0.29) is 56.3 Å². The van der Waals surface area contributed by atoms with Crippen molar-refractivity contribution in [3.05, 3.63) is 228 Å². The van der Waals surface area contributed by atoms with Crippen LogP contribution in [0, 0.1) is 0 Å². The van der Waals surface area contributed by atoms with Crippen molar-refractivity contribution in [2.45, 2.75) is 51.1 Å². The SMILES string of the molecule is O=C1/C(=C/c2cc(C(F)(F)F)cc(C(F)(F)F)c2)C(=O)N(CCc2cccc(C3=NC(=Cc4c(O)n(CCc5ccccc5)c(=O)n(CCc5ccccc5)c4=O)C=C3)c2)C(=O)N1CCc1ccccc1. The second-order valence-corrected chi connectivity index (χ2v) is 16.8. The molecule has 0 unspecified atom stereocenters. The number of alkyl halides is 6. The quantitative estimate of drug-likeness (QED) is 0.0620. The van der Waals surface area contributed by atoms with Gasteiger partial charge in [0.15, 0.2) is 0 Å². The summed E-state index contributed by atoms with van der Waals surface area (Å²) in [6.07, 6.45) is -4.16. The lowest BCUT2D eigenvalue weighted by atomic mass is 10.00. The molecule has 1 saturated heterocycles. The summed E-state index contributed by atoms with van der Waals surface area (Å²) < 4.78 is 84.9. The number of carbonyl (C=O) groups is 3. The molecule has 0 radical (unpaired) electrons. The zero-order valence-electron chi connectivity index (χ0n) is 37.7. The van der Waals surface area contributed by atoms with Crippen molar-refractivity contribution in [1.82, 2.24) is 18.9 Å². The van der Waals surface area contributed by atoms with E-state index >= 15 is 0 Å². The van der Waals surface area contributed by atoms with Gasteiger partial charge in [-0.1, -0.05) is 109 Å². The Morgan fingerprint density at radius 3 is 1.52 bits per heavy atom. The molecule has 2 aliphatic rings. The highest BCUT2D eigenvalue weighted by Gasteiger charge is 2.42. The maximum absolute atomic E-state index is 14.0. The van der Waals surface area contributed by atoms with Crippen LogP contribution in [0.3, 0.4) is 0 Å². The van der Waals surface area contributed by atoms with Crippen LogP contribution in [0.25, 0.3) is 12.2 Å². The molecular formula is C54H43F6N5O6. The molecule has 0 bridgehead atoms. The number of nitrogens with zero attached hydrogens (tertiary/aromatic N) is 5. The van der Waals surface area contributed by atoms with Gasteiger partial charge in [-0.15, -0.1) is 0 Å². The molecule has 3 heterocycles. The van der Waals surface area contributed by atoms with Crippen molar-refractivity contribution >= 4 is 35.7 Å². The van der Waals surface area contributed by atoms with Crippen molar-refractivity contribution < 1.29 is 45.8 Å². The number of rotatable bonds is 15. The average Bonchev–Trinajstić information content (AvgIpc) is 3.83. The molecule has 0 atom stereocenters. The van der Waals surface area contributed by atoms with E-state index in [0.29, 0.717) is 53.5 Å². The number of benzene rings is 5. The molecule has 2 aliphatic heterocycles. The fourth-order valence-electron chi connectivity index (χ4n) is 8.23. The highest BCUT2D eigenvalue weighted by molar-refractivity contribution is 6.31. The number of aryl methyl sites for hydroxylation is 2. The number of aliphatic imine (C=N–C) groups is 1. The van der Waals surface area contributed by atoms with Crippen LogP contribution < -0.4 is 11.2 Å². The number of imide groups is 2. The maximum atomic E-state index is 14.0. The Morgan fingerprint density at radius 2 is 1.00 bits per heavy atom. The molecule has 4 amide bonds. The van der Waals surface area contributed by atoms with Crippen molar-refractivity contribution in [1.29, 1.82) is 0 Å². The molecule has 17 heteroatoms. The molecule has 6 aromatic rings. The summed E-state index contributed by atoms with van der Waals surface area (Å²) >= 11 is 0. The summed E-state index contributed by atoms with van der Waals surface area (Å²) in [5.41, 5.74) is -1.92. The van der Waals surface area contributed by atoms with Gasteiger partial charge in [-0.05, 0) is 102 Å². The van der Waals surface area contributed by atoms with Crippen LogP contribution in [0.4, 0.5) is 31.1 Å². The molecule has 1 N–H and O–H groups in total. The van der Waals surface area contributed by atoms with E-state index in [1.54, 1.807) is 66.7 Å². The first kappa shape index (κ1) is 49.1. The van der Waals surface area contributed by atoms with Crippen molar-refractivity contribution in [2.75, 3.05) is 13.1 Å². The van der Waals surface area contributed by atoms with Gasteiger partial charge in [-0.25, -0.2) is 14.6 Å². The number of amides is 4. The standard InChI is InChI=1S/C54H43F6N5O6/c55-53(56,57)41-30-39(31-42(33-41)54(58,59)60)32-44-47(66)62(25-21-35-11-4-1-5-12-35)51(70)65(48(44)67)28-24-38-17-10-18-40(29-38)46-20-19-43(61-46)34-45-49(68)63(26-22-36-13-6-2-7-14-36)52(71)64(50(45)69)27-23-37-15-8-3-9-16-37/h1-20,29-34,68H,21-28H2/b43-34?,44-32-. The Labute approximate surface area is 402 Å². The number of hydrogen-bond acceptors (Lipinski definition) is 7. The van der Waals surface area contributed by atoms with Gasteiger partial charge in [0.05, 0.1) is 22.5 Å². The van der Waals surface area contributed by atoms with Gasteiger partial charge in [-0.2, -0.15) is 26.3 Å². The second kappa shape index (κ2) is 20.7. The van der Waals surface area contributed by atoms with E-state index in [0.717, 1.165) is 25.5 Å². The minimum absolute atomic E-state index is 0.00169. The summed E-state index contributed by atoms with van der Waals surface area (Å²) in [7, 11) is 0. The molecule has 71 heavy (non-hydrogen) atoms. The Bertz CT molecular complexity index is 3220. The van der Waals surface area contributed by atoms with Gasteiger partial charge >= 0.3 is 24.1 Å². The minimum Gasteiger partial charge on any atom is -0.494 e. The van der Waals surface area contributed by atoms with Crippen LogP contribution in [0.2, 0.25) is 0 Å². The summed E-state index contributed by atoms with van der Waals surface area (Å²) in [5.74, 6) is -2.90. The van der Waals surface area contributed by atoms with Crippen LogP contribution in [0.1, 0.15) is 50.1 Å². The molecule has 8 rings (SSSR count). The summed E-state index contributed by atoms with van der Waals surface area (Å²) in [4.78, 5) is 75.6. The van der Waals surface area contributed by atoms with Gasteiger partial charge in [0, 0.05) is 31.7 Å². The first-order valence-electron chi connectivity index (χ1n) is 22.4. The highest BCUT2D eigenvalue weighted by atomic mass is 19.4. The Kier molecular flexibility index (Phi) is 14.3. The molecule has 1 aromatic heterocycles. The van der Waals surface area contributed by atoms with Crippen molar-refractivity contribution in [2.24, 2.45) is 4.99 Å². The monoisotopic (exact) mass is 971 g/mol. The lowest BCUT2D eigenvalue weighted by Crippen LogP contribution is -2.57. The van der Waals surface area contributed by atoms with Gasteiger partial charge < -0.3 is 5.11 Å². The number of aromatic hydroxyl groups is 1. The molecule has 362 valence electrons. The average molecular weight is 972 g/mol. The second-order valence-electron chi connectivity index (χ2n) is 16.8. The van der Waals surface area contributed by atoms with Crippen LogP contribution in [0.15, 0.2) is 171 Å². The predicted molar refractivity (Wildman–Crippen MR) is 254 cm³/mol. The zero-order valence-corrected chi connectivity index (χ0v) is 37.7. The fraction of sp³-hybridized carbons (Fsp3) is 0.185. The van der Waals surface area contributed by atoms with Crippen LogP contribution in [-0.4, -0.2) is 60.7 Å². The van der Waals surface area contributed by atoms with E-state index in [2.05, 4.69) is 4.99 Å². The minimum atomic E-state index is -5.20. The smallest absolute Gasteiger partial charge is 0.416 e. The number of aromatic nitrogens is 2. The summed E-state index contributed by atoms with van der Waals surface area (Å²) in [6, 6.07) is 33.9. The molecule has 0 aliphatic carbocycles. The van der Waals surface area contributed by atoms with Crippen LogP contribution >= 0.6 is 0 Å². The third-order valence-corrected chi connectivity index (χ3v) is 12.0. The molecule has 11 nitrogen and oxygen atoms in total. The zero-order chi connectivity index (χ0) is 50.5. The molecule has 0 spiro atoms. The number of barbiturate groups is 1. The Balaban J connectivity index is 1.06. The molecular weight excluding hydrogens is 929 g/mol. The molecule has 1 fully saturated rings. The normalized spacial score (nSPS) is 15.4. The number of urea groups is 1. The number of hydrogen-bond donors (Lipinski definition) is 1. The van der Waals surface area contributed by atoms with Crippen molar-refractivity contribution in [3.63, 3.8) is 0 Å². The summed E-state index contributed by atoms with van der Waals surface area (Å²) in [6.45, 7) is -0.466. The van der Waals surface area contributed by atoms with Gasteiger partial charge in [0.25, 0.3) is 17.4 Å². The first-order chi connectivity index (χ1) is 33.9. The predicted octanol–water partition coefficient (Wildman–Crippen LogP) is 9.30. The number of allylic oxidation sites excluding steroid dienone is 2. The van der Waals surface area contributed by atoms with E-state index < -0.39 is 69.6 Å². The van der Waals surface area contributed by atoms with E-state index in [1.165, 1.54) is 10.6 Å². The largest absolute Gasteiger partial charge is 0.494 e. The Morgan fingerprint density at radius 1 is 0.521 bits per heavy atom. The van der Waals surface area contributed by atoms with E-state index in [1.807, 2.05) is 60.7 Å².